The Labute approximate surface area is 191 Å². The van der Waals surface area contributed by atoms with Crippen molar-refractivity contribution in [2.24, 2.45) is 10.9 Å². The number of aliphatic imine (C=N–C) groups is 1. The second-order valence-electron chi connectivity index (χ2n) is 8.57. The minimum atomic E-state index is -0.734. The lowest BCUT2D eigenvalue weighted by atomic mass is 9.82. The minimum absolute atomic E-state index is 0.0782. The lowest BCUT2D eigenvalue weighted by molar-refractivity contribution is 0.457. The zero-order valence-electron chi connectivity index (χ0n) is 18.5. The monoisotopic (exact) mass is 454 g/mol. The van der Waals surface area contributed by atoms with Crippen molar-refractivity contribution in [3.8, 4) is 11.1 Å². The Balaban J connectivity index is 1.52. The van der Waals surface area contributed by atoms with Crippen molar-refractivity contribution in [2.45, 2.75) is 38.5 Å². The molecule has 2 aromatic rings. The fourth-order valence-corrected chi connectivity index (χ4v) is 4.32. The Bertz CT molecular complexity index is 1140. The summed E-state index contributed by atoms with van der Waals surface area (Å²) < 4.78 is 57.7. The summed E-state index contributed by atoms with van der Waals surface area (Å²) in [5.74, 6) is -2.39. The SMILES string of the molecule is C=CCCC1=CN=C(C2C=C(F)C(c3ccc(-c4cc(F)c(C)c(F)c4)c(F)c3)CC2)NC1. The van der Waals surface area contributed by atoms with Crippen molar-refractivity contribution in [1.82, 2.24) is 5.32 Å². The van der Waals surface area contributed by atoms with Gasteiger partial charge in [0.1, 0.15) is 29.1 Å². The van der Waals surface area contributed by atoms with Crippen LogP contribution in [0.5, 0.6) is 0 Å². The van der Waals surface area contributed by atoms with Gasteiger partial charge in [-0.15, -0.1) is 6.58 Å². The first-order valence-corrected chi connectivity index (χ1v) is 11.1. The van der Waals surface area contributed by atoms with Crippen molar-refractivity contribution >= 4 is 5.84 Å². The second-order valence-corrected chi connectivity index (χ2v) is 8.57. The van der Waals surface area contributed by atoms with Gasteiger partial charge in [-0.1, -0.05) is 18.2 Å². The van der Waals surface area contributed by atoms with E-state index in [4.69, 9.17) is 0 Å². The Morgan fingerprint density at radius 3 is 2.42 bits per heavy atom. The van der Waals surface area contributed by atoms with E-state index in [2.05, 4.69) is 16.9 Å². The topological polar surface area (TPSA) is 24.4 Å². The largest absolute Gasteiger partial charge is 0.369 e. The molecular weight excluding hydrogens is 428 g/mol. The van der Waals surface area contributed by atoms with Gasteiger partial charge in [-0.2, -0.15) is 0 Å². The molecule has 1 N–H and O–H groups in total. The van der Waals surface area contributed by atoms with Crippen LogP contribution in [0.1, 0.15) is 42.7 Å². The van der Waals surface area contributed by atoms with Crippen LogP contribution < -0.4 is 5.32 Å². The molecule has 0 spiro atoms. The van der Waals surface area contributed by atoms with E-state index in [0.717, 1.165) is 30.8 Å². The van der Waals surface area contributed by atoms with Crippen LogP contribution in [0.3, 0.4) is 0 Å². The van der Waals surface area contributed by atoms with Crippen LogP contribution in [0.4, 0.5) is 17.6 Å². The first-order chi connectivity index (χ1) is 15.9. The molecule has 2 nitrogen and oxygen atoms in total. The highest BCUT2D eigenvalue weighted by Crippen LogP contribution is 2.39. The Morgan fingerprint density at radius 2 is 1.82 bits per heavy atom. The molecule has 0 bridgehead atoms. The number of rotatable bonds is 6. The normalized spacial score (nSPS) is 20.5. The van der Waals surface area contributed by atoms with Gasteiger partial charge in [0.15, 0.2) is 0 Å². The molecule has 0 saturated carbocycles. The van der Waals surface area contributed by atoms with Gasteiger partial charge in [-0.25, -0.2) is 22.6 Å². The molecule has 2 aromatic carbocycles. The summed E-state index contributed by atoms with van der Waals surface area (Å²) in [5, 5.41) is 3.29. The number of nitrogens with one attached hydrogen (secondary N) is 1. The molecule has 0 aromatic heterocycles. The Kier molecular flexibility index (Phi) is 6.82. The molecular formula is C27H26F4N2. The lowest BCUT2D eigenvalue weighted by Gasteiger charge is -2.28. The minimum Gasteiger partial charge on any atom is -0.369 e. The number of halogens is 4. The molecule has 0 fully saturated rings. The van der Waals surface area contributed by atoms with Crippen LogP contribution in [-0.4, -0.2) is 12.4 Å². The Hall–Kier alpha value is -3.15. The first-order valence-electron chi connectivity index (χ1n) is 11.1. The molecule has 33 heavy (non-hydrogen) atoms. The van der Waals surface area contributed by atoms with Gasteiger partial charge < -0.3 is 5.32 Å². The molecule has 2 aliphatic rings. The smallest absolute Gasteiger partial charge is 0.131 e. The predicted molar refractivity (Wildman–Crippen MR) is 124 cm³/mol. The fourth-order valence-electron chi connectivity index (χ4n) is 4.32. The van der Waals surface area contributed by atoms with Crippen LogP contribution in [-0.2, 0) is 0 Å². The van der Waals surface area contributed by atoms with Crippen molar-refractivity contribution in [3.05, 3.63) is 95.2 Å². The molecule has 2 atom stereocenters. The standard InChI is InChI=1S/C27H26F4N2/c1-3-4-5-17-14-32-27(33-15-17)19-7-9-21(26(31)11-19)18-6-8-22(25(30)10-18)20-12-23(28)16(2)24(29)13-20/h3,6,8,10-14,19,21H,1,4-5,7,9,15H2,2H3,(H,32,33). The molecule has 1 aliphatic heterocycles. The van der Waals surface area contributed by atoms with E-state index >= 15 is 4.39 Å². The third-order valence-corrected chi connectivity index (χ3v) is 6.35. The van der Waals surface area contributed by atoms with Crippen molar-refractivity contribution in [2.75, 3.05) is 6.54 Å². The van der Waals surface area contributed by atoms with Crippen LogP contribution in [0.2, 0.25) is 0 Å². The molecule has 172 valence electrons. The molecule has 0 amide bonds. The molecule has 0 saturated heterocycles. The molecule has 4 rings (SSSR count). The lowest BCUT2D eigenvalue weighted by Crippen LogP contribution is -2.35. The van der Waals surface area contributed by atoms with Crippen LogP contribution in [0, 0.1) is 30.3 Å². The maximum Gasteiger partial charge on any atom is 0.131 e. The van der Waals surface area contributed by atoms with Gasteiger partial charge >= 0.3 is 0 Å². The third-order valence-electron chi connectivity index (χ3n) is 6.35. The number of benzene rings is 2. The summed E-state index contributed by atoms with van der Waals surface area (Å²) in [6.07, 6.45) is 8.24. The van der Waals surface area contributed by atoms with Gasteiger partial charge in [0.05, 0.1) is 0 Å². The number of allylic oxidation sites excluding steroid dienone is 2. The van der Waals surface area contributed by atoms with Crippen LogP contribution in [0.15, 0.2) is 71.7 Å². The van der Waals surface area contributed by atoms with E-state index in [0.29, 0.717) is 24.9 Å². The highest BCUT2D eigenvalue weighted by Gasteiger charge is 2.28. The summed E-state index contributed by atoms with van der Waals surface area (Å²) in [6, 6.07) is 6.55. The molecule has 6 heteroatoms. The zero-order chi connectivity index (χ0) is 23.5. The van der Waals surface area contributed by atoms with Gasteiger partial charge in [0, 0.05) is 35.7 Å². The molecule has 1 heterocycles. The van der Waals surface area contributed by atoms with Crippen molar-refractivity contribution < 1.29 is 17.6 Å². The number of amidine groups is 1. The average molecular weight is 455 g/mol. The highest BCUT2D eigenvalue weighted by molar-refractivity contribution is 5.88. The van der Waals surface area contributed by atoms with E-state index < -0.39 is 23.4 Å². The fraction of sp³-hybridized carbons (Fsp3) is 0.296. The maximum absolute atomic E-state index is 15.0. The Morgan fingerprint density at radius 1 is 1.06 bits per heavy atom. The highest BCUT2D eigenvalue weighted by atomic mass is 19.1. The summed E-state index contributed by atoms with van der Waals surface area (Å²) in [4.78, 5) is 4.48. The van der Waals surface area contributed by atoms with Gasteiger partial charge in [-0.3, -0.25) is 0 Å². The van der Waals surface area contributed by atoms with E-state index in [1.54, 1.807) is 12.1 Å². The van der Waals surface area contributed by atoms with Gasteiger partial charge in [-0.05, 0) is 73.6 Å². The van der Waals surface area contributed by atoms with Crippen molar-refractivity contribution in [1.29, 1.82) is 0 Å². The first kappa shape index (κ1) is 23.0. The van der Waals surface area contributed by atoms with Gasteiger partial charge in [0.25, 0.3) is 0 Å². The summed E-state index contributed by atoms with van der Waals surface area (Å²) >= 11 is 0. The summed E-state index contributed by atoms with van der Waals surface area (Å²) in [5.41, 5.74) is 1.76. The average Bonchev–Trinajstić information content (AvgIpc) is 2.81. The van der Waals surface area contributed by atoms with Crippen molar-refractivity contribution in [3.63, 3.8) is 0 Å². The number of hydrogen-bond acceptors (Lipinski definition) is 2. The quantitative estimate of drug-likeness (QED) is 0.360. The number of hydrogen-bond donors (Lipinski definition) is 1. The summed E-state index contributed by atoms with van der Waals surface area (Å²) in [7, 11) is 0. The second kappa shape index (κ2) is 9.77. The van der Waals surface area contributed by atoms with E-state index in [-0.39, 0.29) is 28.4 Å². The van der Waals surface area contributed by atoms with Crippen LogP contribution >= 0.6 is 0 Å². The number of nitrogens with zero attached hydrogens (tertiary/aromatic N) is 1. The third kappa shape index (κ3) is 4.95. The van der Waals surface area contributed by atoms with E-state index in [1.165, 1.54) is 24.6 Å². The summed E-state index contributed by atoms with van der Waals surface area (Å²) in [6.45, 7) is 5.74. The molecule has 0 radical (unpaired) electrons. The zero-order valence-corrected chi connectivity index (χ0v) is 18.5. The van der Waals surface area contributed by atoms with E-state index in [9.17, 15) is 13.2 Å². The molecule has 1 aliphatic carbocycles. The molecule has 2 unspecified atom stereocenters. The maximum atomic E-state index is 15.0. The van der Waals surface area contributed by atoms with Gasteiger partial charge in [0.2, 0.25) is 0 Å². The van der Waals surface area contributed by atoms with Crippen LogP contribution in [0.25, 0.3) is 11.1 Å². The van der Waals surface area contributed by atoms with E-state index in [1.807, 2.05) is 12.3 Å². The predicted octanol–water partition coefficient (Wildman–Crippen LogP) is 7.28.